The number of ether oxygens (including phenoxy) is 1. The summed E-state index contributed by atoms with van der Waals surface area (Å²) in [7, 11) is 0. The van der Waals surface area contributed by atoms with Crippen molar-refractivity contribution < 1.29 is 4.74 Å². The van der Waals surface area contributed by atoms with Crippen LogP contribution in [0.1, 0.15) is 29.7 Å². The molecule has 1 heterocycles. The summed E-state index contributed by atoms with van der Waals surface area (Å²) >= 11 is 3.53. The minimum absolute atomic E-state index is 0.521. The van der Waals surface area contributed by atoms with E-state index in [0.29, 0.717) is 12.5 Å². The van der Waals surface area contributed by atoms with E-state index in [0.717, 1.165) is 28.3 Å². The zero-order valence-corrected chi connectivity index (χ0v) is 13.7. The summed E-state index contributed by atoms with van der Waals surface area (Å²) in [6.07, 6.45) is 2.61. The molecule has 110 valence electrons. The van der Waals surface area contributed by atoms with Gasteiger partial charge in [-0.3, -0.25) is 0 Å². The summed E-state index contributed by atoms with van der Waals surface area (Å²) in [5, 5.41) is 3.51. The van der Waals surface area contributed by atoms with Crippen molar-refractivity contribution in [1.82, 2.24) is 10.3 Å². The van der Waals surface area contributed by atoms with E-state index in [2.05, 4.69) is 32.3 Å². The van der Waals surface area contributed by atoms with Gasteiger partial charge in [0, 0.05) is 34.4 Å². The summed E-state index contributed by atoms with van der Waals surface area (Å²) in [4.78, 5) is 4.54. The molecule has 1 N–H and O–H groups in total. The molecule has 2 aromatic rings. The van der Waals surface area contributed by atoms with E-state index in [1.54, 1.807) is 0 Å². The first-order valence-electron chi connectivity index (χ1n) is 7.28. The fourth-order valence-corrected chi connectivity index (χ4v) is 2.54. The maximum Gasteiger partial charge on any atom is 0.213 e. The second kappa shape index (κ2) is 6.58. The Morgan fingerprint density at radius 3 is 2.71 bits per heavy atom. The zero-order chi connectivity index (χ0) is 14.7. The van der Waals surface area contributed by atoms with E-state index in [4.69, 9.17) is 4.74 Å². The molecule has 1 saturated carbocycles. The first-order valence-corrected chi connectivity index (χ1v) is 8.08. The Hall–Kier alpha value is -1.39. The van der Waals surface area contributed by atoms with Gasteiger partial charge in [0.2, 0.25) is 5.88 Å². The zero-order valence-electron chi connectivity index (χ0n) is 12.1. The molecule has 1 fully saturated rings. The predicted molar refractivity (Wildman–Crippen MR) is 87.3 cm³/mol. The molecular weight excluding hydrogens is 328 g/mol. The molecule has 3 nitrogen and oxygen atoms in total. The van der Waals surface area contributed by atoms with E-state index >= 15 is 0 Å². The van der Waals surface area contributed by atoms with Crippen molar-refractivity contribution >= 4 is 15.9 Å². The van der Waals surface area contributed by atoms with Crippen LogP contribution in [0, 0.1) is 6.92 Å². The Morgan fingerprint density at radius 1 is 1.19 bits per heavy atom. The Kier molecular flexibility index (Phi) is 4.56. The standard InChI is InChI=1S/C17H19BrN2O/c1-12-13(10-19-15-7-8-15)6-9-17(20-12)21-11-14-4-2-3-5-16(14)18/h2-6,9,15,19H,7-8,10-11H2,1H3. The third kappa shape index (κ3) is 4.05. The van der Waals surface area contributed by atoms with E-state index in [-0.39, 0.29) is 0 Å². The summed E-state index contributed by atoms with van der Waals surface area (Å²) in [6.45, 7) is 3.46. The smallest absolute Gasteiger partial charge is 0.213 e. The predicted octanol–water partition coefficient (Wildman–Crippen LogP) is 3.98. The lowest BCUT2D eigenvalue weighted by Gasteiger charge is -2.10. The highest BCUT2D eigenvalue weighted by atomic mass is 79.9. The molecule has 1 aromatic carbocycles. The van der Waals surface area contributed by atoms with Crippen LogP contribution in [0.4, 0.5) is 0 Å². The van der Waals surface area contributed by atoms with Crippen LogP contribution in [0.5, 0.6) is 5.88 Å². The van der Waals surface area contributed by atoms with Crippen LogP contribution in [0.15, 0.2) is 40.9 Å². The van der Waals surface area contributed by atoms with Gasteiger partial charge in [-0.1, -0.05) is 40.2 Å². The molecule has 3 rings (SSSR count). The fourth-order valence-electron chi connectivity index (χ4n) is 2.14. The van der Waals surface area contributed by atoms with E-state index < -0.39 is 0 Å². The Labute approximate surface area is 133 Å². The summed E-state index contributed by atoms with van der Waals surface area (Å²) in [6, 6.07) is 12.8. The van der Waals surface area contributed by atoms with Crippen LogP contribution in [0.3, 0.4) is 0 Å². The number of aryl methyl sites for hydroxylation is 1. The molecule has 21 heavy (non-hydrogen) atoms. The van der Waals surface area contributed by atoms with Gasteiger partial charge in [-0.25, -0.2) is 4.98 Å². The quantitative estimate of drug-likeness (QED) is 0.858. The van der Waals surface area contributed by atoms with E-state index in [9.17, 15) is 0 Å². The normalized spacial score (nSPS) is 14.2. The Bertz CT molecular complexity index is 626. The Balaban J connectivity index is 1.60. The highest BCUT2D eigenvalue weighted by Gasteiger charge is 2.20. The lowest BCUT2D eigenvalue weighted by Crippen LogP contribution is -2.16. The van der Waals surface area contributed by atoms with Crippen molar-refractivity contribution in [2.24, 2.45) is 0 Å². The van der Waals surface area contributed by atoms with E-state index in [1.807, 2.05) is 37.3 Å². The first kappa shape index (κ1) is 14.5. The number of pyridine rings is 1. The highest BCUT2D eigenvalue weighted by molar-refractivity contribution is 9.10. The number of nitrogens with one attached hydrogen (secondary N) is 1. The maximum atomic E-state index is 5.79. The molecule has 0 amide bonds. The van der Waals surface area contributed by atoms with Gasteiger partial charge in [0.05, 0.1) is 0 Å². The second-order valence-corrected chi connectivity index (χ2v) is 6.28. The van der Waals surface area contributed by atoms with Crippen molar-refractivity contribution in [2.45, 2.75) is 39.0 Å². The average molecular weight is 347 g/mol. The van der Waals surface area contributed by atoms with Crippen LogP contribution < -0.4 is 10.1 Å². The lowest BCUT2D eigenvalue weighted by atomic mass is 10.2. The lowest BCUT2D eigenvalue weighted by molar-refractivity contribution is 0.292. The van der Waals surface area contributed by atoms with Gasteiger partial charge in [-0.05, 0) is 31.4 Å². The minimum Gasteiger partial charge on any atom is -0.473 e. The number of aromatic nitrogens is 1. The number of rotatable bonds is 6. The molecule has 0 spiro atoms. The molecule has 1 aromatic heterocycles. The number of hydrogen-bond donors (Lipinski definition) is 1. The van der Waals surface area contributed by atoms with Gasteiger partial charge in [-0.2, -0.15) is 0 Å². The molecule has 0 saturated heterocycles. The van der Waals surface area contributed by atoms with Gasteiger partial charge in [0.25, 0.3) is 0 Å². The van der Waals surface area contributed by atoms with Crippen LogP contribution >= 0.6 is 15.9 Å². The first-order chi connectivity index (χ1) is 10.2. The third-order valence-corrected chi connectivity index (χ3v) is 4.44. The number of nitrogens with zero attached hydrogens (tertiary/aromatic N) is 1. The second-order valence-electron chi connectivity index (χ2n) is 5.43. The van der Waals surface area contributed by atoms with E-state index in [1.165, 1.54) is 18.4 Å². The largest absolute Gasteiger partial charge is 0.473 e. The van der Waals surface area contributed by atoms with Crippen LogP contribution in [0.25, 0.3) is 0 Å². The summed E-state index contributed by atoms with van der Waals surface area (Å²) in [5.41, 5.74) is 3.40. The van der Waals surface area contributed by atoms with Gasteiger partial charge >= 0.3 is 0 Å². The van der Waals surface area contributed by atoms with Crippen molar-refractivity contribution in [3.05, 3.63) is 57.7 Å². The number of halogens is 1. The van der Waals surface area contributed by atoms with Gasteiger partial charge < -0.3 is 10.1 Å². The van der Waals surface area contributed by atoms with Crippen LogP contribution in [-0.2, 0) is 13.2 Å². The fraction of sp³-hybridized carbons (Fsp3) is 0.353. The molecule has 1 aliphatic rings. The topological polar surface area (TPSA) is 34.1 Å². The van der Waals surface area contributed by atoms with Gasteiger partial charge in [0.1, 0.15) is 6.61 Å². The summed E-state index contributed by atoms with van der Waals surface area (Å²) in [5.74, 6) is 0.679. The third-order valence-electron chi connectivity index (χ3n) is 3.66. The molecule has 0 atom stereocenters. The van der Waals surface area contributed by atoms with Crippen LogP contribution in [0.2, 0.25) is 0 Å². The van der Waals surface area contributed by atoms with Crippen molar-refractivity contribution in [3.8, 4) is 5.88 Å². The average Bonchev–Trinajstić information content (AvgIpc) is 3.30. The maximum absolute atomic E-state index is 5.79. The minimum atomic E-state index is 0.521. The molecule has 0 radical (unpaired) electrons. The summed E-state index contributed by atoms with van der Waals surface area (Å²) < 4.78 is 6.85. The molecular formula is C17H19BrN2O. The van der Waals surface area contributed by atoms with Crippen molar-refractivity contribution in [1.29, 1.82) is 0 Å². The van der Waals surface area contributed by atoms with Crippen molar-refractivity contribution in [2.75, 3.05) is 0 Å². The van der Waals surface area contributed by atoms with Crippen molar-refractivity contribution in [3.63, 3.8) is 0 Å². The molecule has 4 heteroatoms. The molecule has 1 aliphatic carbocycles. The van der Waals surface area contributed by atoms with Gasteiger partial charge in [0.15, 0.2) is 0 Å². The highest BCUT2D eigenvalue weighted by Crippen LogP contribution is 2.21. The monoisotopic (exact) mass is 346 g/mol. The Morgan fingerprint density at radius 2 is 2.00 bits per heavy atom. The number of hydrogen-bond acceptors (Lipinski definition) is 3. The molecule has 0 bridgehead atoms. The molecule has 0 unspecified atom stereocenters. The number of benzene rings is 1. The SMILES string of the molecule is Cc1nc(OCc2ccccc2Br)ccc1CNC1CC1. The van der Waals surface area contributed by atoms with Gasteiger partial charge in [-0.15, -0.1) is 0 Å². The molecule has 0 aliphatic heterocycles. The van der Waals surface area contributed by atoms with Crippen LogP contribution in [-0.4, -0.2) is 11.0 Å².